The van der Waals surface area contributed by atoms with Crippen molar-refractivity contribution in [2.45, 2.75) is 51.9 Å². The maximum Gasteiger partial charge on any atom is 0.0361 e. The summed E-state index contributed by atoms with van der Waals surface area (Å²) in [6, 6.07) is 17.8. The zero-order chi connectivity index (χ0) is 21.8. The third kappa shape index (κ3) is 4.52. The standard InChI is InChI=1S/C30H32S/c1-5-6-7-8-17-28-29(25-14-10-12-16-27(25)31-28)23-19-18-22(2)24-13-9-11-15-26(24)30(3,4)21-20-23/h6-20,22H,5,21H2,1-4H3/b7-6+,17-8+,19-18-,23-20+. The number of fused-ring (bicyclic) bond motifs is 2. The molecule has 0 amide bonds. The highest BCUT2D eigenvalue weighted by Crippen LogP contribution is 2.41. The van der Waals surface area contributed by atoms with E-state index in [-0.39, 0.29) is 5.41 Å². The summed E-state index contributed by atoms with van der Waals surface area (Å²) in [6.07, 6.45) is 18.1. The third-order valence-corrected chi connectivity index (χ3v) is 7.36. The average Bonchev–Trinajstić information content (AvgIpc) is 3.15. The van der Waals surface area contributed by atoms with Crippen LogP contribution in [-0.2, 0) is 5.41 Å². The molecule has 0 saturated heterocycles. The molecule has 1 heterocycles. The lowest BCUT2D eigenvalue weighted by Gasteiger charge is -2.28. The fraction of sp³-hybridized carbons (Fsp3) is 0.267. The highest BCUT2D eigenvalue weighted by Gasteiger charge is 2.25. The van der Waals surface area contributed by atoms with Crippen LogP contribution in [0.1, 0.15) is 68.0 Å². The molecule has 0 N–H and O–H groups in total. The van der Waals surface area contributed by atoms with Crippen molar-refractivity contribution < 1.29 is 0 Å². The van der Waals surface area contributed by atoms with Gasteiger partial charge in [-0.2, -0.15) is 0 Å². The number of allylic oxidation sites excluding steroid dienone is 7. The van der Waals surface area contributed by atoms with Gasteiger partial charge in [-0.1, -0.05) is 107 Å². The van der Waals surface area contributed by atoms with Crippen LogP contribution in [0.3, 0.4) is 0 Å². The van der Waals surface area contributed by atoms with E-state index in [2.05, 4.69) is 119 Å². The second-order valence-corrected chi connectivity index (χ2v) is 10.1. The maximum atomic E-state index is 2.46. The maximum absolute atomic E-state index is 2.46. The van der Waals surface area contributed by atoms with Gasteiger partial charge in [-0.25, -0.2) is 0 Å². The van der Waals surface area contributed by atoms with E-state index in [1.54, 1.807) is 0 Å². The fourth-order valence-corrected chi connectivity index (χ4v) is 5.57. The lowest BCUT2D eigenvalue weighted by Crippen LogP contribution is -2.18. The van der Waals surface area contributed by atoms with Crippen LogP contribution in [0.5, 0.6) is 0 Å². The van der Waals surface area contributed by atoms with Gasteiger partial charge in [0.1, 0.15) is 0 Å². The van der Waals surface area contributed by atoms with Gasteiger partial charge in [0.2, 0.25) is 0 Å². The predicted octanol–water partition coefficient (Wildman–Crippen LogP) is 9.31. The van der Waals surface area contributed by atoms with Crippen LogP contribution in [0.2, 0.25) is 0 Å². The summed E-state index contributed by atoms with van der Waals surface area (Å²) in [7, 11) is 0. The van der Waals surface area contributed by atoms with Gasteiger partial charge in [0.25, 0.3) is 0 Å². The first-order chi connectivity index (χ1) is 15.0. The first-order valence-corrected chi connectivity index (χ1v) is 12.2. The molecular weight excluding hydrogens is 392 g/mol. The zero-order valence-electron chi connectivity index (χ0n) is 19.1. The Hall–Kier alpha value is -2.64. The van der Waals surface area contributed by atoms with Gasteiger partial charge in [0.15, 0.2) is 0 Å². The normalized spacial score (nSPS) is 21.4. The van der Waals surface area contributed by atoms with Crippen LogP contribution in [0.25, 0.3) is 21.7 Å². The largest absolute Gasteiger partial charge is 0.135 e. The van der Waals surface area contributed by atoms with E-state index in [4.69, 9.17) is 0 Å². The van der Waals surface area contributed by atoms with Gasteiger partial charge in [0, 0.05) is 20.5 Å². The van der Waals surface area contributed by atoms with Crippen LogP contribution in [-0.4, -0.2) is 0 Å². The van der Waals surface area contributed by atoms with Crippen LogP contribution < -0.4 is 0 Å². The molecule has 0 spiro atoms. The van der Waals surface area contributed by atoms with Gasteiger partial charge in [-0.3, -0.25) is 0 Å². The number of rotatable bonds is 4. The minimum absolute atomic E-state index is 0.0911. The third-order valence-electron chi connectivity index (χ3n) is 6.22. The monoisotopic (exact) mass is 424 g/mol. The molecule has 1 unspecified atom stereocenters. The van der Waals surface area contributed by atoms with Crippen molar-refractivity contribution in [2.75, 3.05) is 0 Å². The van der Waals surface area contributed by atoms with Crippen LogP contribution in [0.15, 0.2) is 85.0 Å². The highest BCUT2D eigenvalue weighted by molar-refractivity contribution is 7.20. The molecule has 158 valence electrons. The van der Waals surface area contributed by atoms with Crippen LogP contribution in [0, 0.1) is 0 Å². The lowest BCUT2D eigenvalue weighted by molar-refractivity contribution is 0.527. The number of hydrogen-bond acceptors (Lipinski definition) is 1. The molecule has 0 saturated carbocycles. The summed E-state index contributed by atoms with van der Waals surface area (Å²) in [5.74, 6) is 0.383. The van der Waals surface area contributed by atoms with Crippen LogP contribution in [0.4, 0.5) is 0 Å². The molecule has 1 aromatic heterocycles. The van der Waals surface area contributed by atoms with Crippen molar-refractivity contribution >= 4 is 33.1 Å². The lowest BCUT2D eigenvalue weighted by atomic mass is 9.77. The Balaban J connectivity index is 1.86. The number of benzene rings is 2. The Morgan fingerprint density at radius 2 is 1.81 bits per heavy atom. The molecule has 1 atom stereocenters. The molecular formula is C30H32S. The van der Waals surface area contributed by atoms with E-state index in [9.17, 15) is 0 Å². The van der Waals surface area contributed by atoms with E-state index < -0.39 is 0 Å². The molecule has 4 rings (SSSR count). The highest BCUT2D eigenvalue weighted by atomic mass is 32.1. The summed E-state index contributed by atoms with van der Waals surface area (Å²) in [5, 5.41) is 1.35. The Bertz CT molecular complexity index is 1180. The zero-order valence-corrected chi connectivity index (χ0v) is 19.9. The topological polar surface area (TPSA) is 0 Å². The minimum Gasteiger partial charge on any atom is -0.135 e. The second kappa shape index (κ2) is 9.24. The predicted molar refractivity (Wildman–Crippen MR) is 140 cm³/mol. The molecule has 0 bridgehead atoms. The summed E-state index contributed by atoms with van der Waals surface area (Å²) in [6.45, 7) is 9.24. The summed E-state index contributed by atoms with van der Waals surface area (Å²) in [5.41, 5.74) is 5.70. The molecule has 3 aromatic rings. The Morgan fingerprint density at radius 1 is 1.03 bits per heavy atom. The smallest absolute Gasteiger partial charge is 0.0361 e. The quantitative estimate of drug-likeness (QED) is 0.366. The molecule has 31 heavy (non-hydrogen) atoms. The van der Waals surface area contributed by atoms with E-state index in [0.29, 0.717) is 5.92 Å². The van der Waals surface area contributed by atoms with Crippen molar-refractivity contribution in [1.82, 2.24) is 0 Å². The Morgan fingerprint density at radius 3 is 2.65 bits per heavy atom. The molecule has 1 heteroatoms. The van der Waals surface area contributed by atoms with Gasteiger partial charge < -0.3 is 0 Å². The molecule has 2 aromatic carbocycles. The first kappa shape index (κ1) is 21.6. The average molecular weight is 425 g/mol. The Labute approximate surface area is 191 Å². The molecule has 0 fully saturated rings. The van der Waals surface area contributed by atoms with Crippen molar-refractivity contribution in [3.05, 3.63) is 107 Å². The first-order valence-electron chi connectivity index (χ1n) is 11.3. The van der Waals surface area contributed by atoms with E-state index in [1.807, 2.05) is 11.3 Å². The van der Waals surface area contributed by atoms with Gasteiger partial charge in [-0.05, 0) is 53.0 Å². The molecule has 1 aliphatic rings. The fourth-order valence-electron chi connectivity index (χ4n) is 4.43. The second-order valence-electron chi connectivity index (χ2n) is 9.02. The number of hydrogen-bond donors (Lipinski definition) is 0. The molecule has 1 aliphatic carbocycles. The minimum atomic E-state index is 0.0911. The van der Waals surface area contributed by atoms with Crippen molar-refractivity contribution in [1.29, 1.82) is 0 Å². The van der Waals surface area contributed by atoms with Gasteiger partial charge >= 0.3 is 0 Å². The van der Waals surface area contributed by atoms with Gasteiger partial charge in [-0.15, -0.1) is 11.3 Å². The molecule has 0 aliphatic heterocycles. The van der Waals surface area contributed by atoms with Crippen LogP contribution >= 0.6 is 11.3 Å². The Kier molecular flexibility index (Phi) is 6.43. The van der Waals surface area contributed by atoms with E-state index >= 15 is 0 Å². The van der Waals surface area contributed by atoms with Crippen molar-refractivity contribution in [2.24, 2.45) is 0 Å². The number of thiophene rings is 1. The summed E-state index contributed by atoms with van der Waals surface area (Å²) < 4.78 is 1.35. The summed E-state index contributed by atoms with van der Waals surface area (Å²) >= 11 is 1.89. The molecule has 0 radical (unpaired) electrons. The van der Waals surface area contributed by atoms with E-state index in [0.717, 1.165) is 12.8 Å². The molecule has 0 nitrogen and oxygen atoms in total. The SMILES string of the molecule is CC/C=C/C=C/c1sc2ccccc2c1C1=C/CC(C)(C)c2ccccc2C(C)/C=C\1. The van der Waals surface area contributed by atoms with E-state index in [1.165, 1.54) is 37.2 Å². The van der Waals surface area contributed by atoms with Gasteiger partial charge in [0.05, 0.1) is 0 Å². The van der Waals surface area contributed by atoms with Crippen molar-refractivity contribution in [3.63, 3.8) is 0 Å². The van der Waals surface area contributed by atoms with Crippen molar-refractivity contribution in [3.8, 4) is 0 Å². The summed E-state index contributed by atoms with van der Waals surface area (Å²) in [4.78, 5) is 1.33.